The molecule has 1 aliphatic heterocycles. The van der Waals surface area contributed by atoms with Gasteiger partial charge in [0.05, 0.1) is 5.57 Å². The molecule has 7 nitrogen and oxygen atoms in total. The first-order valence-electron chi connectivity index (χ1n) is 13.5. The van der Waals surface area contributed by atoms with E-state index in [1.54, 1.807) is 11.8 Å². The SMILES string of the molecule is CCSc1nc2n(n1)C(c1cn(Cc3ccccc3)c3ccccc13)C(C(=O)Nc1cccc(C)c1C)=C(C)N2. The minimum atomic E-state index is -0.456. The summed E-state index contributed by atoms with van der Waals surface area (Å²) in [5.41, 5.74) is 7.71. The first kappa shape index (κ1) is 26.0. The summed E-state index contributed by atoms with van der Waals surface area (Å²) in [5.74, 6) is 1.34. The highest BCUT2D eigenvalue weighted by molar-refractivity contribution is 7.99. The fourth-order valence-electron chi connectivity index (χ4n) is 5.38. The Hall–Kier alpha value is -4.30. The van der Waals surface area contributed by atoms with Crippen LogP contribution in [-0.2, 0) is 11.3 Å². The summed E-state index contributed by atoms with van der Waals surface area (Å²) < 4.78 is 4.13. The van der Waals surface area contributed by atoms with Crippen LogP contribution in [0.15, 0.2) is 95.4 Å². The maximum Gasteiger partial charge on any atom is 0.255 e. The van der Waals surface area contributed by atoms with Gasteiger partial charge in [0.25, 0.3) is 5.91 Å². The van der Waals surface area contributed by atoms with E-state index in [2.05, 4.69) is 83.8 Å². The summed E-state index contributed by atoms with van der Waals surface area (Å²) in [6.07, 6.45) is 2.17. The number of anilines is 2. The average Bonchev–Trinajstić information content (AvgIpc) is 3.52. The van der Waals surface area contributed by atoms with Crippen LogP contribution in [0, 0.1) is 13.8 Å². The van der Waals surface area contributed by atoms with Crippen molar-refractivity contribution >= 4 is 40.2 Å². The Morgan fingerprint density at radius 3 is 2.58 bits per heavy atom. The highest BCUT2D eigenvalue weighted by Gasteiger charge is 2.36. The van der Waals surface area contributed by atoms with E-state index in [9.17, 15) is 4.79 Å². The van der Waals surface area contributed by atoms with Crippen LogP contribution in [0.2, 0.25) is 0 Å². The van der Waals surface area contributed by atoms with Gasteiger partial charge in [-0.3, -0.25) is 4.79 Å². The van der Waals surface area contributed by atoms with Crippen molar-refractivity contribution in [2.24, 2.45) is 0 Å². The molecule has 0 saturated carbocycles. The van der Waals surface area contributed by atoms with Crippen LogP contribution in [-0.4, -0.2) is 31.0 Å². The van der Waals surface area contributed by atoms with Crippen LogP contribution >= 0.6 is 11.8 Å². The van der Waals surface area contributed by atoms with Gasteiger partial charge in [0.1, 0.15) is 6.04 Å². The molecule has 1 amide bonds. The number of allylic oxidation sites excluding steroid dienone is 1. The smallest absolute Gasteiger partial charge is 0.255 e. The molecule has 0 radical (unpaired) electrons. The molecule has 5 aromatic rings. The normalized spacial score (nSPS) is 14.8. The van der Waals surface area contributed by atoms with E-state index in [1.807, 2.05) is 42.8 Å². The monoisotopic (exact) mass is 548 g/mol. The number of amides is 1. The van der Waals surface area contributed by atoms with Gasteiger partial charge in [0.2, 0.25) is 11.1 Å². The predicted molar refractivity (Wildman–Crippen MR) is 163 cm³/mol. The molecule has 2 aromatic heterocycles. The first-order valence-corrected chi connectivity index (χ1v) is 14.5. The van der Waals surface area contributed by atoms with Crippen LogP contribution < -0.4 is 10.6 Å². The topological polar surface area (TPSA) is 76.8 Å². The molecule has 0 spiro atoms. The number of rotatable bonds is 7. The summed E-state index contributed by atoms with van der Waals surface area (Å²) in [6, 6.07) is 24.3. The summed E-state index contributed by atoms with van der Waals surface area (Å²) in [5, 5.41) is 13.2. The Kier molecular flexibility index (Phi) is 6.94. The molecule has 0 aliphatic carbocycles. The van der Waals surface area contributed by atoms with E-state index in [0.29, 0.717) is 16.7 Å². The number of carbonyl (C=O) groups is 1. The highest BCUT2D eigenvalue weighted by Crippen LogP contribution is 2.40. The number of nitrogens with zero attached hydrogens (tertiary/aromatic N) is 4. The van der Waals surface area contributed by atoms with Gasteiger partial charge in [0.15, 0.2) is 0 Å². The van der Waals surface area contributed by atoms with Gasteiger partial charge >= 0.3 is 0 Å². The molecular formula is C32H32N6OS. The van der Waals surface area contributed by atoms with Crippen molar-refractivity contribution in [3.8, 4) is 0 Å². The quantitative estimate of drug-likeness (QED) is 0.216. The lowest BCUT2D eigenvalue weighted by atomic mass is 9.94. The van der Waals surface area contributed by atoms with Crippen LogP contribution in [0.4, 0.5) is 11.6 Å². The number of nitrogens with one attached hydrogen (secondary N) is 2. The Morgan fingerprint density at radius 2 is 1.77 bits per heavy atom. The molecular weight excluding hydrogens is 516 g/mol. The lowest BCUT2D eigenvalue weighted by molar-refractivity contribution is -0.113. The van der Waals surface area contributed by atoms with E-state index in [4.69, 9.17) is 10.1 Å². The molecule has 0 saturated heterocycles. The number of para-hydroxylation sites is 1. The molecule has 6 rings (SSSR count). The Labute approximate surface area is 238 Å². The third-order valence-corrected chi connectivity index (χ3v) is 8.23. The van der Waals surface area contributed by atoms with Gasteiger partial charge in [-0.25, -0.2) is 4.68 Å². The van der Waals surface area contributed by atoms with E-state index < -0.39 is 6.04 Å². The van der Waals surface area contributed by atoms with Crippen molar-refractivity contribution in [1.29, 1.82) is 0 Å². The predicted octanol–water partition coefficient (Wildman–Crippen LogP) is 6.94. The zero-order chi connectivity index (χ0) is 27.8. The highest BCUT2D eigenvalue weighted by atomic mass is 32.2. The third-order valence-electron chi connectivity index (χ3n) is 7.51. The molecule has 8 heteroatoms. The van der Waals surface area contributed by atoms with Crippen molar-refractivity contribution in [2.45, 2.75) is 45.4 Å². The Bertz CT molecular complexity index is 1750. The molecule has 3 heterocycles. The zero-order valence-electron chi connectivity index (χ0n) is 23.1. The summed E-state index contributed by atoms with van der Waals surface area (Å²) in [4.78, 5) is 18.9. The number of aromatic nitrogens is 4. The van der Waals surface area contributed by atoms with E-state index in [1.165, 1.54) is 5.56 Å². The molecule has 2 N–H and O–H groups in total. The number of hydrogen-bond acceptors (Lipinski definition) is 5. The Morgan fingerprint density at radius 1 is 1.00 bits per heavy atom. The molecule has 1 atom stereocenters. The molecule has 202 valence electrons. The second kappa shape index (κ2) is 10.7. The molecule has 3 aromatic carbocycles. The first-order chi connectivity index (χ1) is 19.4. The average molecular weight is 549 g/mol. The van der Waals surface area contributed by atoms with Crippen molar-refractivity contribution in [3.05, 3.63) is 113 Å². The van der Waals surface area contributed by atoms with E-state index in [-0.39, 0.29) is 5.91 Å². The van der Waals surface area contributed by atoms with Crippen molar-refractivity contribution in [1.82, 2.24) is 19.3 Å². The summed E-state index contributed by atoms with van der Waals surface area (Å²) in [6.45, 7) is 8.83. The van der Waals surface area contributed by atoms with Gasteiger partial charge in [0, 0.05) is 40.6 Å². The lowest BCUT2D eigenvalue weighted by Gasteiger charge is -2.28. The largest absolute Gasteiger partial charge is 0.343 e. The second-order valence-electron chi connectivity index (χ2n) is 10.1. The van der Waals surface area contributed by atoms with Crippen LogP contribution in [0.1, 0.15) is 42.1 Å². The number of benzene rings is 3. The number of carbonyl (C=O) groups excluding carboxylic acids is 1. The lowest BCUT2D eigenvalue weighted by Crippen LogP contribution is -2.31. The van der Waals surface area contributed by atoms with Gasteiger partial charge in [-0.2, -0.15) is 4.98 Å². The van der Waals surface area contributed by atoms with Crippen molar-refractivity contribution in [3.63, 3.8) is 0 Å². The number of thioether (sulfide) groups is 1. The summed E-state index contributed by atoms with van der Waals surface area (Å²) >= 11 is 1.59. The summed E-state index contributed by atoms with van der Waals surface area (Å²) in [7, 11) is 0. The number of aryl methyl sites for hydroxylation is 1. The number of hydrogen-bond donors (Lipinski definition) is 2. The van der Waals surface area contributed by atoms with Crippen LogP contribution in [0.3, 0.4) is 0 Å². The van der Waals surface area contributed by atoms with Crippen molar-refractivity contribution in [2.75, 3.05) is 16.4 Å². The number of fused-ring (bicyclic) bond motifs is 2. The van der Waals surface area contributed by atoms with Crippen LogP contribution in [0.25, 0.3) is 10.9 Å². The standard InChI is InChI=1S/C32H32N6OS/c1-5-40-32-35-31-33-22(4)28(30(39)34-26-16-11-12-20(2)21(26)3)29(38(31)36-32)25-19-37(18-23-13-7-6-8-14-23)27-17-10-9-15-24(25)27/h6-17,19,29H,5,18H2,1-4H3,(H,34,39)(H,33,35,36). The van der Waals surface area contributed by atoms with Gasteiger partial charge < -0.3 is 15.2 Å². The second-order valence-corrected chi connectivity index (χ2v) is 11.3. The minimum Gasteiger partial charge on any atom is -0.343 e. The maximum absolute atomic E-state index is 14.1. The zero-order valence-corrected chi connectivity index (χ0v) is 23.9. The van der Waals surface area contributed by atoms with Gasteiger partial charge in [-0.05, 0) is 55.3 Å². The molecule has 0 fully saturated rings. The van der Waals surface area contributed by atoms with Gasteiger partial charge in [-0.15, -0.1) is 5.10 Å². The van der Waals surface area contributed by atoms with E-state index in [0.717, 1.165) is 51.3 Å². The Balaban J connectivity index is 1.50. The molecule has 40 heavy (non-hydrogen) atoms. The van der Waals surface area contributed by atoms with Crippen LogP contribution in [0.5, 0.6) is 0 Å². The molecule has 0 bridgehead atoms. The van der Waals surface area contributed by atoms with E-state index >= 15 is 0 Å². The van der Waals surface area contributed by atoms with Crippen molar-refractivity contribution < 1.29 is 4.79 Å². The maximum atomic E-state index is 14.1. The fourth-order valence-corrected chi connectivity index (χ4v) is 5.94. The molecule has 1 unspecified atom stereocenters. The fraction of sp³-hybridized carbons (Fsp3) is 0.219. The molecule has 1 aliphatic rings. The minimum absolute atomic E-state index is 0.158. The van der Waals surface area contributed by atoms with Gasteiger partial charge in [-0.1, -0.05) is 79.3 Å². The third kappa shape index (κ3) is 4.69.